The Morgan fingerprint density at radius 1 is 1.20 bits per heavy atom. The Morgan fingerprint density at radius 3 is 2.64 bits per heavy atom. The van der Waals surface area contributed by atoms with Crippen molar-refractivity contribution in [3.8, 4) is 17.0 Å². The zero-order valence-corrected chi connectivity index (χ0v) is 15.2. The van der Waals surface area contributed by atoms with Crippen LogP contribution in [0.1, 0.15) is 11.4 Å². The highest BCUT2D eigenvalue weighted by Crippen LogP contribution is 2.24. The molecule has 1 aromatic heterocycles. The van der Waals surface area contributed by atoms with Gasteiger partial charge in [0.05, 0.1) is 28.8 Å². The smallest absolute Gasteiger partial charge is 0.227 e. The standard InChI is InChI=1S/C19H17ClN2O2S/c1-13-21-17(12-25-13)14-6-8-15(9-7-14)22-19(23)10-11-24-18-5-3-2-4-16(18)20/h2-9,12H,10-11H2,1H3,(H,22,23). The maximum absolute atomic E-state index is 12.0. The molecule has 0 aliphatic carbocycles. The van der Waals surface area contributed by atoms with Crippen molar-refractivity contribution in [2.24, 2.45) is 0 Å². The Labute approximate surface area is 155 Å². The molecule has 2 aromatic carbocycles. The number of hydrogen-bond acceptors (Lipinski definition) is 4. The van der Waals surface area contributed by atoms with Gasteiger partial charge >= 0.3 is 0 Å². The van der Waals surface area contributed by atoms with Crippen LogP contribution in [0, 0.1) is 6.92 Å². The van der Waals surface area contributed by atoms with E-state index in [0.717, 1.165) is 22.0 Å². The first-order chi connectivity index (χ1) is 12.1. The number of nitrogens with zero attached hydrogens (tertiary/aromatic N) is 1. The fraction of sp³-hybridized carbons (Fsp3) is 0.158. The third-order valence-electron chi connectivity index (χ3n) is 3.51. The lowest BCUT2D eigenvalue weighted by Gasteiger charge is -2.08. The average molecular weight is 373 g/mol. The van der Waals surface area contributed by atoms with E-state index in [1.165, 1.54) is 0 Å². The largest absolute Gasteiger partial charge is 0.491 e. The van der Waals surface area contributed by atoms with Crippen LogP contribution in [0.2, 0.25) is 5.02 Å². The predicted octanol–water partition coefficient (Wildman–Crippen LogP) is 5.18. The summed E-state index contributed by atoms with van der Waals surface area (Å²) < 4.78 is 5.52. The highest BCUT2D eigenvalue weighted by molar-refractivity contribution is 7.09. The van der Waals surface area contributed by atoms with Gasteiger partial charge in [0.15, 0.2) is 0 Å². The molecule has 1 N–H and O–H groups in total. The minimum Gasteiger partial charge on any atom is -0.491 e. The number of carbonyl (C=O) groups excluding carboxylic acids is 1. The van der Waals surface area contributed by atoms with Crippen LogP contribution in [0.4, 0.5) is 5.69 Å². The van der Waals surface area contributed by atoms with E-state index in [1.54, 1.807) is 23.5 Å². The summed E-state index contributed by atoms with van der Waals surface area (Å²) in [6.45, 7) is 2.25. The van der Waals surface area contributed by atoms with E-state index in [-0.39, 0.29) is 18.9 Å². The van der Waals surface area contributed by atoms with E-state index >= 15 is 0 Å². The molecule has 0 unspecified atom stereocenters. The molecular formula is C19H17ClN2O2S. The summed E-state index contributed by atoms with van der Waals surface area (Å²) in [4.78, 5) is 16.5. The number of para-hydroxylation sites is 1. The Morgan fingerprint density at radius 2 is 1.96 bits per heavy atom. The van der Waals surface area contributed by atoms with Gasteiger partial charge in [-0.05, 0) is 31.2 Å². The molecule has 4 nitrogen and oxygen atoms in total. The zero-order chi connectivity index (χ0) is 17.6. The number of thiazole rings is 1. The highest BCUT2D eigenvalue weighted by atomic mass is 35.5. The summed E-state index contributed by atoms with van der Waals surface area (Å²) in [5.41, 5.74) is 2.73. The molecule has 1 amide bonds. The summed E-state index contributed by atoms with van der Waals surface area (Å²) >= 11 is 7.62. The van der Waals surface area contributed by atoms with Crippen LogP contribution in [0.3, 0.4) is 0 Å². The Hall–Kier alpha value is -2.37. The molecule has 0 saturated carbocycles. The topological polar surface area (TPSA) is 51.2 Å². The Balaban J connectivity index is 1.50. The number of hydrogen-bond donors (Lipinski definition) is 1. The van der Waals surface area contributed by atoms with Crippen molar-refractivity contribution in [2.75, 3.05) is 11.9 Å². The SMILES string of the molecule is Cc1nc(-c2ccc(NC(=O)CCOc3ccccc3Cl)cc2)cs1. The molecule has 128 valence electrons. The van der Waals surface area contributed by atoms with Gasteiger partial charge in [-0.3, -0.25) is 4.79 Å². The summed E-state index contributed by atoms with van der Waals surface area (Å²) in [6.07, 6.45) is 0.248. The number of rotatable bonds is 6. The van der Waals surface area contributed by atoms with Crippen LogP contribution < -0.4 is 10.1 Å². The average Bonchev–Trinajstić information content (AvgIpc) is 3.04. The first-order valence-electron chi connectivity index (χ1n) is 7.81. The van der Waals surface area contributed by atoms with Crippen LogP contribution in [0.5, 0.6) is 5.75 Å². The molecule has 0 bridgehead atoms. The minimum atomic E-state index is -0.107. The number of ether oxygens (including phenoxy) is 1. The van der Waals surface area contributed by atoms with Crippen LogP contribution in [0.15, 0.2) is 53.9 Å². The minimum absolute atomic E-state index is 0.107. The fourth-order valence-corrected chi connectivity index (χ4v) is 3.07. The molecule has 25 heavy (non-hydrogen) atoms. The summed E-state index contributed by atoms with van der Waals surface area (Å²) in [5.74, 6) is 0.476. The lowest BCUT2D eigenvalue weighted by molar-refractivity contribution is -0.116. The van der Waals surface area contributed by atoms with Gasteiger partial charge in [-0.25, -0.2) is 4.98 Å². The second kappa shape index (κ2) is 8.14. The molecular weight excluding hydrogens is 356 g/mol. The van der Waals surface area contributed by atoms with Gasteiger partial charge in [0.2, 0.25) is 5.91 Å². The van der Waals surface area contributed by atoms with E-state index in [1.807, 2.05) is 48.7 Å². The molecule has 1 heterocycles. The number of carbonyl (C=O) groups is 1. The van der Waals surface area contributed by atoms with Crippen LogP contribution in [0.25, 0.3) is 11.3 Å². The van der Waals surface area contributed by atoms with Crippen LogP contribution in [-0.4, -0.2) is 17.5 Å². The van der Waals surface area contributed by atoms with E-state index in [2.05, 4.69) is 10.3 Å². The maximum atomic E-state index is 12.0. The van der Waals surface area contributed by atoms with Crippen molar-refractivity contribution < 1.29 is 9.53 Å². The zero-order valence-electron chi connectivity index (χ0n) is 13.7. The van der Waals surface area contributed by atoms with Crippen LogP contribution in [-0.2, 0) is 4.79 Å². The summed E-state index contributed by atoms with van der Waals surface area (Å²) in [7, 11) is 0. The molecule has 0 aliphatic rings. The van der Waals surface area contributed by atoms with Gasteiger partial charge < -0.3 is 10.1 Å². The van der Waals surface area contributed by atoms with Crippen molar-refractivity contribution in [3.63, 3.8) is 0 Å². The van der Waals surface area contributed by atoms with Crippen molar-refractivity contribution in [2.45, 2.75) is 13.3 Å². The Bertz CT molecular complexity index is 862. The number of amides is 1. The quantitative estimate of drug-likeness (QED) is 0.648. The third kappa shape index (κ3) is 4.81. The lowest BCUT2D eigenvalue weighted by Crippen LogP contribution is -2.15. The van der Waals surface area contributed by atoms with Crippen molar-refractivity contribution in [1.82, 2.24) is 4.98 Å². The first kappa shape index (κ1) is 17.5. The second-order valence-corrected chi connectivity index (χ2v) is 6.88. The molecule has 0 saturated heterocycles. The maximum Gasteiger partial charge on any atom is 0.227 e. The van der Waals surface area contributed by atoms with Gasteiger partial charge in [0.25, 0.3) is 0 Å². The van der Waals surface area contributed by atoms with E-state index in [9.17, 15) is 4.79 Å². The Kier molecular flexibility index (Phi) is 5.68. The van der Waals surface area contributed by atoms with E-state index in [0.29, 0.717) is 10.8 Å². The number of benzene rings is 2. The molecule has 0 spiro atoms. The molecule has 0 atom stereocenters. The predicted molar refractivity (Wildman–Crippen MR) is 102 cm³/mol. The van der Waals surface area contributed by atoms with Crippen molar-refractivity contribution >= 4 is 34.5 Å². The molecule has 0 aliphatic heterocycles. The molecule has 3 aromatic rings. The van der Waals surface area contributed by atoms with E-state index < -0.39 is 0 Å². The van der Waals surface area contributed by atoms with Gasteiger partial charge in [-0.2, -0.15) is 0 Å². The number of anilines is 1. The van der Waals surface area contributed by atoms with Gasteiger partial charge in [0, 0.05) is 16.6 Å². The number of nitrogens with one attached hydrogen (secondary N) is 1. The van der Waals surface area contributed by atoms with E-state index in [4.69, 9.17) is 16.3 Å². The highest BCUT2D eigenvalue weighted by Gasteiger charge is 2.06. The lowest BCUT2D eigenvalue weighted by atomic mass is 10.1. The number of halogens is 1. The molecule has 3 rings (SSSR count). The number of aryl methyl sites for hydroxylation is 1. The van der Waals surface area contributed by atoms with Crippen LogP contribution >= 0.6 is 22.9 Å². The third-order valence-corrected chi connectivity index (χ3v) is 4.59. The second-order valence-electron chi connectivity index (χ2n) is 5.41. The molecule has 0 fully saturated rings. The molecule has 0 radical (unpaired) electrons. The van der Waals surface area contributed by atoms with Gasteiger partial charge in [-0.15, -0.1) is 11.3 Å². The molecule has 6 heteroatoms. The number of aromatic nitrogens is 1. The fourth-order valence-electron chi connectivity index (χ4n) is 2.26. The summed E-state index contributed by atoms with van der Waals surface area (Å²) in [6, 6.07) is 14.8. The normalized spacial score (nSPS) is 10.5. The monoisotopic (exact) mass is 372 g/mol. The van der Waals surface area contributed by atoms with Crippen molar-refractivity contribution in [3.05, 3.63) is 63.9 Å². The van der Waals surface area contributed by atoms with Crippen molar-refractivity contribution in [1.29, 1.82) is 0 Å². The summed E-state index contributed by atoms with van der Waals surface area (Å²) in [5, 5.41) is 6.45. The first-order valence-corrected chi connectivity index (χ1v) is 9.07. The van der Waals surface area contributed by atoms with Gasteiger partial charge in [-0.1, -0.05) is 35.9 Å². The van der Waals surface area contributed by atoms with Gasteiger partial charge in [0.1, 0.15) is 5.75 Å².